The highest BCUT2D eigenvalue weighted by Gasteiger charge is 2.35. The van der Waals surface area contributed by atoms with Gasteiger partial charge in [-0.15, -0.1) is 0 Å². The van der Waals surface area contributed by atoms with Gasteiger partial charge in [-0.3, -0.25) is 9.79 Å². The summed E-state index contributed by atoms with van der Waals surface area (Å²) < 4.78 is 0. The van der Waals surface area contributed by atoms with Gasteiger partial charge in [0.05, 0.1) is 17.0 Å². The summed E-state index contributed by atoms with van der Waals surface area (Å²) in [7, 11) is 0. The fourth-order valence-electron chi connectivity index (χ4n) is 3.13. The highest BCUT2D eigenvalue weighted by atomic mass is 35.5. The Morgan fingerprint density at radius 1 is 1.28 bits per heavy atom. The Morgan fingerprint density at radius 2 is 1.90 bits per heavy atom. The van der Waals surface area contributed by atoms with Gasteiger partial charge >= 0.3 is 0 Å². The first kappa shape index (κ1) is 25.8. The van der Waals surface area contributed by atoms with Crippen molar-refractivity contribution in [2.45, 2.75) is 104 Å². The van der Waals surface area contributed by atoms with Crippen molar-refractivity contribution < 1.29 is 9.90 Å². The van der Waals surface area contributed by atoms with Crippen molar-refractivity contribution in [1.29, 1.82) is 0 Å². The molecule has 0 amide bonds. The topological polar surface area (TPSA) is 62.5 Å². The minimum atomic E-state index is -0.604. The molecule has 0 bridgehead atoms. The van der Waals surface area contributed by atoms with E-state index in [0.29, 0.717) is 18.0 Å². The highest BCUT2D eigenvalue weighted by Crippen LogP contribution is 2.34. The van der Waals surface area contributed by atoms with Gasteiger partial charge in [-0.25, -0.2) is 4.98 Å². The number of pyridine rings is 1. The third kappa shape index (κ3) is 10.4. The van der Waals surface area contributed by atoms with Crippen LogP contribution >= 0.6 is 11.6 Å². The molecule has 0 radical (unpaired) electrons. The fourth-order valence-corrected chi connectivity index (χ4v) is 3.32. The van der Waals surface area contributed by atoms with Crippen LogP contribution in [0.25, 0.3) is 0 Å². The van der Waals surface area contributed by atoms with E-state index < -0.39 is 5.60 Å². The van der Waals surface area contributed by atoms with Crippen molar-refractivity contribution in [2.75, 3.05) is 0 Å². The van der Waals surface area contributed by atoms with Crippen LogP contribution in [0.5, 0.6) is 0 Å². The Bertz CT molecular complexity index is 665. The van der Waals surface area contributed by atoms with Crippen LogP contribution in [0, 0.1) is 12.8 Å². The lowest BCUT2D eigenvalue weighted by Crippen LogP contribution is -2.38. The molecule has 0 aliphatic heterocycles. The predicted molar refractivity (Wildman–Crippen MR) is 123 cm³/mol. The lowest BCUT2D eigenvalue weighted by Gasteiger charge is -2.35. The molecule has 1 heterocycles. The van der Waals surface area contributed by atoms with Crippen molar-refractivity contribution in [3.8, 4) is 0 Å². The Kier molecular flexibility index (Phi) is 11.7. The zero-order valence-electron chi connectivity index (χ0n) is 18.9. The number of aryl methyl sites for hydroxylation is 1. The van der Waals surface area contributed by atoms with Gasteiger partial charge < -0.3 is 5.11 Å². The standard InChI is InChI=1S/C11H15ClN2.C8H14O2.C5H10/c1-4-5-8(2)13-10-6-7-11(12)14-9(10)3;1-2-7(9)6-8(10)4-3-5-8;1-5-3-2-4-5/h6-7H,4-5H2,1-3H3;10H,2-6H2,1H3;5H,2-4H2,1H3. The minimum Gasteiger partial charge on any atom is -0.389 e. The number of aromatic nitrogens is 1. The van der Waals surface area contributed by atoms with Gasteiger partial charge in [-0.05, 0) is 57.6 Å². The van der Waals surface area contributed by atoms with Crippen molar-refractivity contribution in [1.82, 2.24) is 4.98 Å². The van der Waals surface area contributed by atoms with Gasteiger partial charge in [0.1, 0.15) is 10.9 Å². The van der Waals surface area contributed by atoms with E-state index in [2.05, 4.69) is 23.8 Å². The summed E-state index contributed by atoms with van der Waals surface area (Å²) in [4.78, 5) is 19.5. The van der Waals surface area contributed by atoms with E-state index in [0.717, 1.165) is 55.1 Å². The molecular weight excluding hydrogens is 384 g/mol. The molecule has 0 unspecified atom stereocenters. The molecule has 5 heteroatoms. The Balaban J connectivity index is 0.000000242. The number of Topliss-reactive ketones (excluding diaryl/α,β-unsaturated/α-hetero) is 1. The molecule has 1 N–H and O–H groups in total. The molecule has 0 saturated heterocycles. The molecule has 0 spiro atoms. The van der Waals surface area contributed by atoms with E-state index in [9.17, 15) is 9.90 Å². The van der Waals surface area contributed by atoms with Gasteiger partial charge in [0.2, 0.25) is 0 Å². The molecule has 2 saturated carbocycles. The Morgan fingerprint density at radius 3 is 2.28 bits per heavy atom. The lowest BCUT2D eigenvalue weighted by atomic mass is 9.76. The van der Waals surface area contributed by atoms with Crippen molar-refractivity contribution in [3.63, 3.8) is 0 Å². The molecule has 1 aromatic heterocycles. The maximum atomic E-state index is 10.9. The number of hydrogen-bond donors (Lipinski definition) is 1. The molecule has 4 nitrogen and oxygen atoms in total. The molecule has 164 valence electrons. The largest absolute Gasteiger partial charge is 0.389 e. The first-order chi connectivity index (χ1) is 13.7. The molecular formula is C24H39ClN2O2. The van der Waals surface area contributed by atoms with E-state index >= 15 is 0 Å². The fraction of sp³-hybridized carbons (Fsp3) is 0.708. The average Bonchev–Trinajstić information content (AvgIpc) is 2.62. The predicted octanol–water partition coefficient (Wildman–Crippen LogP) is 7.01. The molecule has 29 heavy (non-hydrogen) atoms. The van der Waals surface area contributed by atoms with E-state index in [1.165, 1.54) is 19.3 Å². The van der Waals surface area contributed by atoms with Crippen LogP contribution in [0.4, 0.5) is 5.69 Å². The van der Waals surface area contributed by atoms with E-state index in [4.69, 9.17) is 11.6 Å². The second-order valence-electron chi connectivity index (χ2n) is 8.52. The lowest BCUT2D eigenvalue weighted by molar-refractivity contribution is -0.127. The quantitative estimate of drug-likeness (QED) is 0.396. The van der Waals surface area contributed by atoms with Crippen LogP contribution in [0.2, 0.25) is 5.15 Å². The second kappa shape index (κ2) is 13.1. The minimum absolute atomic E-state index is 0.183. The SMILES string of the molecule is CC1CCC1.CCC(=O)CC1(O)CCC1.CCCC(C)=Nc1ccc(Cl)nc1C. The third-order valence-corrected chi connectivity index (χ3v) is 5.76. The van der Waals surface area contributed by atoms with E-state index in [-0.39, 0.29) is 5.78 Å². The highest BCUT2D eigenvalue weighted by molar-refractivity contribution is 6.29. The van der Waals surface area contributed by atoms with Crippen LogP contribution in [-0.4, -0.2) is 27.2 Å². The van der Waals surface area contributed by atoms with Gasteiger partial charge in [-0.2, -0.15) is 0 Å². The van der Waals surface area contributed by atoms with Crippen LogP contribution in [0.3, 0.4) is 0 Å². The number of halogens is 1. The van der Waals surface area contributed by atoms with Crippen LogP contribution in [0.1, 0.15) is 97.6 Å². The van der Waals surface area contributed by atoms with E-state index in [1.807, 2.05) is 26.8 Å². The van der Waals surface area contributed by atoms with Crippen molar-refractivity contribution >= 4 is 28.8 Å². The summed E-state index contributed by atoms with van der Waals surface area (Å²) in [5.74, 6) is 1.25. The van der Waals surface area contributed by atoms with Gasteiger partial charge in [0.15, 0.2) is 0 Å². The molecule has 2 aliphatic carbocycles. The number of hydrogen-bond acceptors (Lipinski definition) is 4. The average molecular weight is 423 g/mol. The number of aliphatic imine (C=N–C) groups is 1. The monoisotopic (exact) mass is 422 g/mol. The van der Waals surface area contributed by atoms with Gasteiger partial charge in [0, 0.05) is 18.6 Å². The Labute approximate surface area is 182 Å². The molecule has 2 fully saturated rings. The number of ketones is 1. The zero-order valence-corrected chi connectivity index (χ0v) is 19.7. The van der Waals surface area contributed by atoms with Crippen LogP contribution in [0.15, 0.2) is 17.1 Å². The number of carbonyl (C=O) groups is 1. The van der Waals surface area contributed by atoms with Gasteiger partial charge in [-0.1, -0.05) is 58.1 Å². The summed E-state index contributed by atoms with van der Waals surface area (Å²) in [5.41, 5.74) is 2.33. The summed E-state index contributed by atoms with van der Waals surface area (Å²) in [5, 5.41) is 10.0. The first-order valence-corrected chi connectivity index (χ1v) is 11.5. The van der Waals surface area contributed by atoms with Crippen LogP contribution in [-0.2, 0) is 4.79 Å². The molecule has 1 aromatic rings. The smallest absolute Gasteiger partial charge is 0.135 e. The Hall–Kier alpha value is -1.26. The molecule has 0 atom stereocenters. The number of nitrogens with zero attached hydrogens (tertiary/aromatic N) is 2. The van der Waals surface area contributed by atoms with Crippen molar-refractivity contribution in [2.24, 2.45) is 10.9 Å². The van der Waals surface area contributed by atoms with Crippen LogP contribution < -0.4 is 0 Å². The van der Waals surface area contributed by atoms with E-state index in [1.54, 1.807) is 6.07 Å². The summed E-state index contributed by atoms with van der Waals surface area (Å²) >= 11 is 5.76. The first-order valence-electron chi connectivity index (χ1n) is 11.1. The zero-order chi connectivity index (χ0) is 21.9. The van der Waals surface area contributed by atoms with Gasteiger partial charge in [0.25, 0.3) is 0 Å². The maximum Gasteiger partial charge on any atom is 0.135 e. The third-order valence-electron chi connectivity index (χ3n) is 5.55. The number of aliphatic hydroxyl groups is 1. The molecule has 3 rings (SSSR count). The summed E-state index contributed by atoms with van der Waals surface area (Å²) in [6.07, 6.45) is 10.3. The second-order valence-corrected chi connectivity index (χ2v) is 8.91. The van der Waals surface area contributed by atoms with Crippen molar-refractivity contribution in [3.05, 3.63) is 23.0 Å². The summed E-state index contributed by atoms with van der Waals surface area (Å²) in [6.45, 7) is 10.3. The molecule has 2 aliphatic rings. The molecule has 0 aromatic carbocycles. The normalized spacial score (nSPS) is 17.7. The maximum absolute atomic E-state index is 10.9. The number of rotatable bonds is 6. The summed E-state index contributed by atoms with van der Waals surface area (Å²) in [6, 6.07) is 3.68. The number of carbonyl (C=O) groups excluding carboxylic acids is 1.